The summed E-state index contributed by atoms with van der Waals surface area (Å²) in [6, 6.07) is 7.72. The van der Waals surface area contributed by atoms with Crippen molar-refractivity contribution in [1.82, 2.24) is 4.98 Å². The molecule has 0 saturated heterocycles. The Hall–Kier alpha value is -1.74. The smallest absolute Gasteiger partial charge is 0.169 e. The van der Waals surface area contributed by atoms with Crippen LogP contribution in [0.5, 0.6) is 17.2 Å². The third kappa shape index (κ3) is 3.18. The van der Waals surface area contributed by atoms with Gasteiger partial charge in [-0.05, 0) is 30.2 Å². The summed E-state index contributed by atoms with van der Waals surface area (Å²) < 4.78 is 11.2. The van der Waals surface area contributed by atoms with E-state index in [0.717, 1.165) is 17.7 Å². The summed E-state index contributed by atoms with van der Waals surface area (Å²) >= 11 is 5.87. The Morgan fingerprint density at radius 3 is 2.68 bits per heavy atom. The lowest BCUT2D eigenvalue weighted by molar-refractivity contribution is 0.377. The molecule has 1 aromatic carbocycles. The van der Waals surface area contributed by atoms with Crippen molar-refractivity contribution in [3.8, 4) is 17.2 Å². The van der Waals surface area contributed by atoms with E-state index in [4.69, 9.17) is 21.1 Å². The largest absolute Gasteiger partial charge is 0.493 e. The van der Waals surface area contributed by atoms with Gasteiger partial charge in [-0.2, -0.15) is 0 Å². The fourth-order valence-corrected chi connectivity index (χ4v) is 1.95. The number of nitrogens with zero attached hydrogens (tertiary/aromatic N) is 1. The van der Waals surface area contributed by atoms with Crippen LogP contribution >= 0.6 is 11.6 Å². The molecule has 0 unspecified atom stereocenters. The van der Waals surface area contributed by atoms with E-state index in [1.54, 1.807) is 25.6 Å². The highest BCUT2D eigenvalue weighted by molar-refractivity contribution is 6.17. The average molecular weight is 278 g/mol. The summed E-state index contributed by atoms with van der Waals surface area (Å²) in [5.41, 5.74) is 2.06. The van der Waals surface area contributed by atoms with Crippen molar-refractivity contribution in [3.63, 3.8) is 0 Å². The first-order chi connectivity index (χ1) is 9.28. The molecule has 0 bridgehead atoms. The van der Waals surface area contributed by atoms with Crippen LogP contribution in [-0.4, -0.2) is 12.1 Å². The van der Waals surface area contributed by atoms with Gasteiger partial charge in [0.25, 0.3) is 0 Å². The van der Waals surface area contributed by atoms with Gasteiger partial charge < -0.3 is 9.47 Å². The molecule has 0 amide bonds. The maximum atomic E-state index is 5.87. The number of aryl methyl sites for hydroxylation is 1. The molecular weight excluding hydrogens is 262 g/mol. The molecule has 0 spiro atoms. The predicted octanol–water partition coefficient (Wildman–Crippen LogP) is 4.18. The molecule has 0 radical (unpaired) electrons. The normalized spacial score (nSPS) is 10.3. The first-order valence-electron chi connectivity index (χ1n) is 6.12. The van der Waals surface area contributed by atoms with Crippen LogP contribution in [0.4, 0.5) is 0 Å². The highest BCUT2D eigenvalue weighted by atomic mass is 35.5. The SMILES string of the molecule is CCc1ccc(Oc2ccncc2CCl)c(OC)c1. The van der Waals surface area contributed by atoms with Crippen LogP contribution in [-0.2, 0) is 12.3 Å². The maximum absolute atomic E-state index is 5.87. The molecule has 0 atom stereocenters. The van der Waals surface area contributed by atoms with Crippen molar-refractivity contribution in [2.45, 2.75) is 19.2 Å². The van der Waals surface area contributed by atoms with Gasteiger partial charge in [0.15, 0.2) is 11.5 Å². The quantitative estimate of drug-likeness (QED) is 0.768. The molecule has 0 fully saturated rings. The minimum absolute atomic E-state index is 0.360. The number of aromatic nitrogens is 1. The van der Waals surface area contributed by atoms with Gasteiger partial charge >= 0.3 is 0 Å². The van der Waals surface area contributed by atoms with E-state index in [1.807, 2.05) is 18.2 Å². The Morgan fingerprint density at radius 1 is 1.16 bits per heavy atom. The van der Waals surface area contributed by atoms with Crippen LogP contribution in [0.25, 0.3) is 0 Å². The summed E-state index contributed by atoms with van der Waals surface area (Å²) in [7, 11) is 1.64. The summed E-state index contributed by atoms with van der Waals surface area (Å²) in [6.07, 6.45) is 4.34. The van der Waals surface area contributed by atoms with Gasteiger partial charge in [0.2, 0.25) is 0 Å². The van der Waals surface area contributed by atoms with Crippen LogP contribution in [0, 0.1) is 0 Å². The fraction of sp³-hybridized carbons (Fsp3) is 0.267. The first-order valence-corrected chi connectivity index (χ1v) is 6.65. The fourth-order valence-electron chi connectivity index (χ4n) is 1.75. The highest BCUT2D eigenvalue weighted by Gasteiger charge is 2.09. The zero-order valence-corrected chi connectivity index (χ0v) is 11.8. The predicted molar refractivity (Wildman–Crippen MR) is 76.2 cm³/mol. The van der Waals surface area contributed by atoms with Crippen molar-refractivity contribution in [2.75, 3.05) is 7.11 Å². The number of halogens is 1. The van der Waals surface area contributed by atoms with Crippen molar-refractivity contribution in [1.29, 1.82) is 0 Å². The third-order valence-corrected chi connectivity index (χ3v) is 3.15. The standard InChI is InChI=1S/C15H16ClNO2/c1-3-11-4-5-14(15(8-11)18-2)19-13-6-7-17-10-12(13)9-16/h4-8,10H,3,9H2,1-2H3. The van der Waals surface area contributed by atoms with E-state index >= 15 is 0 Å². The number of hydrogen-bond donors (Lipinski definition) is 0. The zero-order chi connectivity index (χ0) is 13.7. The number of hydrogen-bond acceptors (Lipinski definition) is 3. The monoisotopic (exact) mass is 277 g/mol. The van der Waals surface area contributed by atoms with Crippen molar-refractivity contribution >= 4 is 11.6 Å². The summed E-state index contributed by atoms with van der Waals surface area (Å²) in [6.45, 7) is 2.10. The van der Waals surface area contributed by atoms with E-state index < -0.39 is 0 Å². The second-order valence-electron chi connectivity index (χ2n) is 4.06. The van der Waals surface area contributed by atoms with E-state index in [-0.39, 0.29) is 0 Å². The molecule has 0 aliphatic carbocycles. The molecular formula is C15H16ClNO2. The van der Waals surface area contributed by atoms with Crippen molar-refractivity contribution < 1.29 is 9.47 Å². The first kappa shape index (κ1) is 13.7. The molecule has 0 N–H and O–H groups in total. The maximum Gasteiger partial charge on any atom is 0.169 e. The highest BCUT2D eigenvalue weighted by Crippen LogP contribution is 2.34. The number of benzene rings is 1. The van der Waals surface area contributed by atoms with Crippen LogP contribution < -0.4 is 9.47 Å². The molecule has 2 rings (SSSR count). The van der Waals surface area contributed by atoms with Crippen LogP contribution in [0.15, 0.2) is 36.7 Å². The Morgan fingerprint density at radius 2 is 2.00 bits per heavy atom. The van der Waals surface area contributed by atoms with Gasteiger partial charge in [-0.25, -0.2) is 0 Å². The lowest BCUT2D eigenvalue weighted by Gasteiger charge is -2.13. The second-order valence-corrected chi connectivity index (χ2v) is 4.33. The molecule has 0 aliphatic rings. The number of ether oxygens (including phenoxy) is 2. The Bertz CT molecular complexity index is 558. The van der Waals surface area contributed by atoms with Gasteiger partial charge in [-0.1, -0.05) is 13.0 Å². The number of pyridine rings is 1. The van der Waals surface area contributed by atoms with Gasteiger partial charge in [0, 0.05) is 18.0 Å². The topological polar surface area (TPSA) is 31.4 Å². The van der Waals surface area contributed by atoms with E-state index in [9.17, 15) is 0 Å². The van der Waals surface area contributed by atoms with Gasteiger partial charge in [0.05, 0.1) is 13.0 Å². The average Bonchev–Trinajstić information content (AvgIpc) is 2.48. The Balaban J connectivity index is 2.32. The molecule has 0 aliphatic heterocycles. The van der Waals surface area contributed by atoms with Gasteiger partial charge in [-0.15, -0.1) is 11.6 Å². The number of methoxy groups -OCH3 is 1. The molecule has 19 heavy (non-hydrogen) atoms. The Labute approximate surface area is 118 Å². The van der Waals surface area contributed by atoms with Crippen LogP contribution in [0.1, 0.15) is 18.1 Å². The van der Waals surface area contributed by atoms with Crippen molar-refractivity contribution in [3.05, 3.63) is 47.8 Å². The minimum Gasteiger partial charge on any atom is -0.493 e. The number of alkyl halides is 1. The second kappa shape index (κ2) is 6.43. The van der Waals surface area contributed by atoms with Crippen LogP contribution in [0.3, 0.4) is 0 Å². The van der Waals surface area contributed by atoms with Crippen LogP contribution in [0.2, 0.25) is 0 Å². The van der Waals surface area contributed by atoms with Crippen molar-refractivity contribution in [2.24, 2.45) is 0 Å². The van der Waals surface area contributed by atoms with E-state index in [2.05, 4.69) is 11.9 Å². The molecule has 1 heterocycles. The summed E-state index contributed by atoms with van der Waals surface area (Å²) in [5, 5.41) is 0. The molecule has 4 heteroatoms. The van der Waals surface area contributed by atoms with Gasteiger partial charge in [0.1, 0.15) is 5.75 Å². The Kier molecular flexibility index (Phi) is 4.63. The summed E-state index contributed by atoms with van der Waals surface area (Å²) in [5.74, 6) is 2.46. The molecule has 0 saturated carbocycles. The number of rotatable bonds is 5. The molecule has 3 nitrogen and oxygen atoms in total. The summed E-state index contributed by atoms with van der Waals surface area (Å²) in [4.78, 5) is 4.03. The lowest BCUT2D eigenvalue weighted by Crippen LogP contribution is -1.94. The lowest BCUT2D eigenvalue weighted by atomic mass is 10.1. The van der Waals surface area contributed by atoms with E-state index in [0.29, 0.717) is 17.4 Å². The molecule has 100 valence electrons. The third-order valence-electron chi connectivity index (χ3n) is 2.86. The molecule has 2 aromatic rings. The van der Waals surface area contributed by atoms with Gasteiger partial charge in [-0.3, -0.25) is 4.98 Å². The van der Waals surface area contributed by atoms with E-state index in [1.165, 1.54) is 5.56 Å². The molecule has 1 aromatic heterocycles. The zero-order valence-electron chi connectivity index (χ0n) is 11.0. The minimum atomic E-state index is 0.360.